The Morgan fingerprint density at radius 1 is 1.36 bits per heavy atom. The molecule has 1 fully saturated rings. The van der Waals surface area contributed by atoms with E-state index in [0.717, 1.165) is 51.0 Å². The molecular formula is C18H30IN5O. The van der Waals surface area contributed by atoms with Gasteiger partial charge in [0, 0.05) is 19.6 Å². The van der Waals surface area contributed by atoms with E-state index < -0.39 is 0 Å². The molecule has 1 aliphatic heterocycles. The molecule has 0 bridgehead atoms. The lowest BCUT2D eigenvalue weighted by Crippen LogP contribution is -2.40. The van der Waals surface area contributed by atoms with Crippen molar-refractivity contribution in [3.05, 3.63) is 35.4 Å². The largest absolute Gasteiger partial charge is 0.370 e. The number of nitrogens with zero attached hydrogens (tertiary/aromatic N) is 2. The van der Waals surface area contributed by atoms with Crippen molar-refractivity contribution in [2.45, 2.75) is 39.3 Å². The fraction of sp³-hybridized carbons (Fsp3) is 0.556. The Kier molecular flexibility index (Phi) is 9.81. The number of halogens is 1. The van der Waals surface area contributed by atoms with Crippen LogP contribution >= 0.6 is 24.0 Å². The number of aliphatic imine (C=N–C) groups is 1. The van der Waals surface area contributed by atoms with Crippen LogP contribution in [0.2, 0.25) is 0 Å². The van der Waals surface area contributed by atoms with Crippen LogP contribution in [0.25, 0.3) is 0 Å². The van der Waals surface area contributed by atoms with Gasteiger partial charge in [0.2, 0.25) is 5.91 Å². The highest BCUT2D eigenvalue weighted by atomic mass is 127. The van der Waals surface area contributed by atoms with Crippen molar-refractivity contribution in [3.8, 4) is 0 Å². The second-order valence-electron chi connectivity index (χ2n) is 6.42. The number of nitrogens with one attached hydrogen (secondary N) is 1. The zero-order valence-electron chi connectivity index (χ0n) is 14.9. The zero-order chi connectivity index (χ0) is 17.4. The van der Waals surface area contributed by atoms with E-state index in [9.17, 15) is 4.79 Å². The van der Waals surface area contributed by atoms with Gasteiger partial charge in [-0.1, -0.05) is 31.2 Å². The van der Waals surface area contributed by atoms with Gasteiger partial charge in [-0.25, -0.2) is 4.99 Å². The fourth-order valence-electron chi connectivity index (χ4n) is 3.00. The van der Waals surface area contributed by atoms with Crippen molar-refractivity contribution < 1.29 is 4.79 Å². The highest BCUT2D eigenvalue weighted by Crippen LogP contribution is 2.18. The van der Waals surface area contributed by atoms with Gasteiger partial charge in [0.15, 0.2) is 5.96 Å². The smallest absolute Gasteiger partial charge is 0.221 e. The number of carbonyl (C=O) groups excluding carboxylic acids is 1. The molecule has 1 aromatic carbocycles. The number of primary amides is 1. The second kappa shape index (κ2) is 11.3. The van der Waals surface area contributed by atoms with E-state index in [-0.39, 0.29) is 35.8 Å². The number of benzene rings is 1. The monoisotopic (exact) mass is 459 g/mol. The molecular weight excluding hydrogens is 429 g/mol. The Hall–Kier alpha value is -1.35. The quantitative estimate of drug-likeness (QED) is 0.329. The van der Waals surface area contributed by atoms with Crippen LogP contribution in [-0.2, 0) is 17.9 Å². The summed E-state index contributed by atoms with van der Waals surface area (Å²) >= 11 is 0. The summed E-state index contributed by atoms with van der Waals surface area (Å²) in [5.74, 6) is 0.288. The average Bonchev–Trinajstić information content (AvgIpc) is 2.58. The molecule has 6 nitrogen and oxygen atoms in total. The first-order chi connectivity index (χ1) is 11.6. The third kappa shape index (κ3) is 7.60. The molecule has 0 radical (unpaired) electrons. The number of likely N-dealkylation sites (tertiary alicyclic amines) is 1. The molecule has 1 saturated heterocycles. The van der Waals surface area contributed by atoms with Gasteiger partial charge in [-0.05, 0) is 36.9 Å². The van der Waals surface area contributed by atoms with Crippen molar-refractivity contribution in [1.82, 2.24) is 10.2 Å². The average molecular weight is 459 g/mol. The number of hydrogen-bond acceptors (Lipinski definition) is 3. The van der Waals surface area contributed by atoms with Gasteiger partial charge in [-0.15, -0.1) is 24.0 Å². The van der Waals surface area contributed by atoms with Crippen LogP contribution in [-0.4, -0.2) is 36.4 Å². The SMILES string of the molecule is CCCNC(N)=NCc1cccc(CN2CCCC(C(N)=O)C2)c1.I. The minimum atomic E-state index is -0.183. The Balaban J connectivity index is 0.00000312. The van der Waals surface area contributed by atoms with E-state index in [1.54, 1.807) is 0 Å². The zero-order valence-corrected chi connectivity index (χ0v) is 17.2. The van der Waals surface area contributed by atoms with Crippen LogP contribution in [0.15, 0.2) is 29.3 Å². The summed E-state index contributed by atoms with van der Waals surface area (Å²) in [4.78, 5) is 18.1. The van der Waals surface area contributed by atoms with Crippen LogP contribution in [0.5, 0.6) is 0 Å². The lowest BCUT2D eigenvalue weighted by atomic mass is 9.97. The molecule has 0 saturated carbocycles. The number of nitrogens with two attached hydrogens (primary N) is 2. The summed E-state index contributed by atoms with van der Waals surface area (Å²) in [7, 11) is 0. The molecule has 25 heavy (non-hydrogen) atoms. The molecule has 1 amide bonds. The van der Waals surface area contributed by atoms with Crippen LogP contribution in [0.1, 0.15) is 37.3 Å². The molecule has 0 aliphatic carbocycles. The predicted octanol–water partition coefficient (Wildman–Crippen LogP) is 1.82. The van der Waals surface area contributed by atoms with E-state index >= 15 is 0 Å². The van der Waals surface area contributed by atoms with Crippen molar-refractivity contribution in [2.24, 2.45) is 22.4 Å². The molecule has 1 atom stereocenters. The highest BCUT2D eigenvalue weighted by molar-refractivity contribution is 14.0. The first kappa shape index (κ1) is 21.7. The van der Waals surface area contributed by atoms with Crippen molar-refractivity contribution >= 4 is 35.8 Å². The first-order valence-corrected chi connectivity index (χ1v) is 8.71. The van der Waals surface area contributed by atoms with Gasteiger partial charge in [0.05, 0.1) is 12.5 Å². The molecule has 1 aliphatic rings. The lowest BCUT2D eigenvalue weighted by molar-refractivity contribution is -0.123. The van der Waals surface area contributed by atoms with Gasteiger partial charge in [0.25, 0.3) is 0 Å². The van der Waals surface area contributed by atoms with Crippen LogP contribution in [0, 0.1) is 5.92 Å². The second-order valence-corrected chi connectivity index (χ2v) is 6.42. The first-order valence-electron chi connectivity index (χ1n) is 8.71. The minimum Gasteiger partial charge on any atom is -0.370 e. The summed E-state index contributed by atoms with van der Waals surface area (Å²) < 4.78 is 0. The topological polar surface area (TPSA) is 96.7 Å². The maximum absolute atomic E-state index is 11.4. The maximum atomic E-state index is 11.4. The van der Waals surface area contributed by atoms with E-state index in [1.165, 1.54) is 5.56 Å². The van der Waals surface area contributed by atoms with E-state index in [1.807, 2.05) is 6.07 Å². The summed E-state index contributed by atoms with van der Waals surface area (Å²) in [6.45, 7) is 6.11. The number of guanidine groups is 1. The van der Waals surface area contributed by atoms with Gasteiger partial charge in [-0.3, -0.25) is 9.69 Å². The molecule has 0 aromatic heterocycles. The van der Waals surface area contributed by atoms with Crippen LogP contribution < -0.4 is 16.8 Å². The van der Waals surface area contributed by atoms with Gasteiger partial charge in [0.1, 0.15) is 0 Å². The van der Waals surface area contributed by atoms with Gasteiger partial charge < -0.3 is 16.8 Å². The Labute approximate surface area is 167 Å². The lowest BCUT2D eigenvalue weighted by Gasteiger charge is -2.31. The van der Waals surface area contributed by atoms with Crippen molar-refractivity contribution in [3.63, 3.8) is 0 Å². The molecule has 1 unspecified atom stereocenters. The van der Waals surface area contributed by atoms with Crippen molar-refractivity contribution in [1.29, 1.82) is 0 Å². The van der Waals surface area contributed by atoms with Crippen molar-refractivity contribution in [2.75, 3.05) is 19.6 Å². The van der Waals surface area contributed by atoms with Crippen LogP contribution in [0.3, 0.4) is 0 Å². The van der Waals surface area contributed by atoms with Crippen LogP contribution in [0.4, 0.5) is 0 Å². The highest BCUT2D eigenvalue weighted by Gasteiger charge is 2.23. The molecule has 7 heteroatoms. The molecule has 1 aromatic rings. The maximum Gasteiger partial charge on any atom is 0.221 e. The third-order valence-electron chi connectivity index (χ3n) is 4.29. The third-order valence-corrected chi connectivity index (χ3v) is 4.29. The Bertz CT molecular complexity index is 578. The Morgan fingerprint density at radius 3 is 2.84 bits per heavy atom. The van der Waals surface area contributed by atoms with E-state index in [2.05, 4.69) is 40.3 Å². The number of hydrogen-bond donors (Lipinski definition) is 3. The number of amides is 1. The van der Waals surface area contributed by atoms with E-state index in [0.29, 0.717) is 12.5 Å². The number of piperidine rings is 1. The fourth-order valence-corrected chi connectivity index (χ4v) is 3.00. The van der Waals surface area contributed by atoms with Gasteiger partial charge >= 0.3 is 0 Å². The normalized spacial score (nSPS) is 18.4. The molecule has 1 heterocycles. The standard InChI is InChI=1S/C18H29N5O.HI/c1-2-8-21-18(20)22-11-14-5-3-6-15(10-14)12-23-9-4-7-16(13-23)17(19)24;/h3,5-6,10,16H,2,4,7-9,11-13H2,1H3,(H2,19,24)(H3,20,21,22);1H. The summed E-state index contributed by atoms with van der Waals surface area (Å²) in [6.07, 6.45) is 2.95. The molecule has 5 N–H and O–H groups in total. The number of carbonyl (C=O) groups is 1. The summed E-state index contributed by atoms with van der Waals surface area (Å²) in [6, 6.07) is 8.37. The molecule has 0 spiro atoms. The number of rotatable bonds is 7. The van der Waals surface area contributed by atoms with Gasteiger partial charge in [-0.2, -0.15) is 0 Å². The molecule has 140 valence electrons. The van der Waals surface area contributed by atoms with E-state index in [4.69, 9.17) is 11.5 Å². The predicted molar refractivity (Wildman–Crippen MR) is 113 cm³/mol. The minimum absolute atomic E-state index is 0. The summed E-state index contributed by atoms with van der Waals surface area (Å²) in [5, 5.41) is 3.07. The molecule has 2 rings (SSSR count). The summed E-state index contributed by atoms with van der Waals surface area (Å²) in [5.41, 5.74) is 13.6. The Morgan fingerprint density at radius 2 is 2.12 bits per heavy atom.